The van der Waals surface area contributed by atoms with Gasteiger partial charge in [0.1, 0.15) is 5.25 Å². The maximum absolute atomic E-state index is 11.9. The molecule has 1 N–H and O–H groups in total. The Labute approximate surface area is 126 Å². The fourth-order valence-electron chi connectivity index (χ4n) is 1.64. The quantitative estimate of drug-likeness (QED) is 0.930. The second-order valence-corrected chi connectivity index (χ2v) is 6.04. The van der Waals surface area contributed by atoms with E-state index in [9.17, 15) is 9.59 Å². The van der Waals surface area contributed by atoms with Gasteiger partial charge in [-0.2, -0.15) is 4.99 Å². The molecule has 0 spiro atoms. The number of anilines is 1. The van der Waals surface area contributed by atoms with Crippen molar-refractivity contribution in [1.82, 2.24) is 4.90 Å². The molecule has 5 nitrogen and oxygen atoms in total. The van der Waals surface area contributed by atoms with Crippen molar-refractivity contribution in [2.45, 2.75) is 11.7 Å². The third-order valence-corrected chi connectivity index (χ3v) is 4.28. The average molecular weight is 312 g/mol. The van der Waals surface area contributed by atoms with Crippen molar-refractivity contribution >= 4 is 46.0 Å². The molecule has 0 fully saturated rings. The van der Waals surface area contributed by atoms with Gasteiger partial charge in [-0.05, 0) is 12.1 Å². The van der Waals surface area contributed by atoms with Gasteiger partial charge in [0.05, 0.1) is 10.7 Å². The van der Waals surface area contributed by atoms with E-state index in [1.54, 1.807) is 29.2 Å². The molecule has 1 atom stereocenters. The number of amides is 2. The Morgan fingerprint density at radius 1 is 1.45 bits per heavy atom. The van der Waals surface area contributed by atoms with Gasteiger partial charge in [0.2, 0.25) is 5.91 Å². The minimum absolute atomic E-state index is 0.0789. The number of carbonyl (C=O) groups excluding carboxylic acids is 2. The third-order valence-electron chi connectivity index (χ3n) is 2.63. The second kappa shape index (κ2) is 6.28. The van der Waals surface area contributed by atoms with Crippen LogP contribution < -0.4 is 5.32 Å². The highest BCUT2D eigenvalue weighted by molar-refractivity contribution is 8.15. The molecule has 20 heavy (non-hydrogen) atoms. The summed E-state index contributed by atoms with van der Waals surface area (Å²) in [5.74, 6) is -0.521. The van der Waals surface area contributed by atoms with Crippen LogP contribution in [0.1, 0.15) is 6.42 Å². The number of carbonyl (C=O) groups is 2. The van der Waals surface area contributed by atoms with Crippen molar-refractivity contribution in [3.63, 3.8) is 0 Å². The van der Waals surface area contributed by atoms with E-state index in [4.69, 9.17) is 11.6 Å². The average Bonchev–Trinajstić information content (AvgIpc) is 2.74. The van der Waals surface area contributed by atoms with Crippen molar-refractivity contribution in [2.24, 2.45) is 4.99 Å². The largest absolute Gasteiger partial charge is 0.357 e. The van der Waals surface area contributed by atoms with Gasteiger partial charge in [-0.15, -0.1) is 0 Å². The molecule has 1 aromatic carbocycles. The minimum Gasteiger partial charge on any atom is -0.357 e. The number of nitrogens with one attached hydrogen (secondary N) is 1. The zero-order valence-corrected chi connectivity index (χ0v) is 12.7. The first-order valence-corrected chi connectivity index (χ1v) is 7.24. The minimum atomic E-state index is -0.463. The van der Waals surface area contributed by atoms with Crippen LogP contribution >= 0.6 is 23.4 Å². The van der Waals surface area contributed by atoms with Crippen LogP contribution in [0.15, 0.2) is 29.3 Å². The number of thioether (sulfide) groups is 1. The Hall–Kier alpha value is -1.53. The van der Waals surface area contributed by atoms with Gasteiger partial charge in [-0.3, -0.25) is 9.59 Å². The summed E-state index contributed by atoms with van der Waals surface area (Å²) in [4.78, 5) is 29.3. The lowest BCUT2D eigenvalue weighted by molar-refractivity contribution is -0.121. The van der Waals surface area contributed by atoms with Crippen LogP contribution in [0.4, 0.5) is 5.69 Å². The standard InChI is InChI=1S/C13H14ClN3O2S/c1-17(2)13-16-12(19)10(20-13)7-11(18)15-9-6-4-3-5-8(9)14/h3-6,10H,7H2,1-2H3,(H,15,18). The highest BCUT2D eigenvalue weighted by Crippen LogP contribution is 2.27. The Kier molecular flexibility index (Phi) is 4.67. The number of para-hydroxylation sites is 1. The molecule has 7 heteroatoms. The van der Waals surface area contributed by atoms with Crippen molar-refractivity contribution in [2.75, 3.05) is 19.4 Å². The highest BCUT2D eigenvalue weighted by atomic mass is 35.5. The maximum Gasteiger partial charge on any atom is 0.262 e. The van der Waals surface area contributed by atoms with Gasteiger partial charge in [-0.1, -0.05) is 35.5 Å². The van der Waals surface area contributed by atoms with E-state index >= 15 is 0 Å². The van der Waals surface area contributed by atoms with E-state index < -0.39 is 5.25 Å². The number of benzene rings is 1. The van der Waals surface area contributed by atoms with Crippen LogP contribution in [0.3, 0.4) is 0 Å². The van der Waals surface area contributed by atoms with Crippen LogP contribution in [0, 0.1) is 0 Å². The monoisotopic (exact) mass is 311 g/mol. The topological polar surface area (TPSA) is 61.8 Å². The number of amidine groups is 1. The molecule has 1 heterocycles. The Morgan fingerprint density at radius 2 is 2.15 bits per heavy atom. The van der Waals surface area contributed by atoms with Crippen LogP contribution in [0.25, 0.3) is 0 Å². The van der Waals surface area contributed by atoms with Crippen molar-refractivity contribution < 1.29 is 9.59 Å². The lowest BCUT2D eigenvalue weighted by Gasteiger charge is -2.12. The first kappa shape index (κ1) is 14.9. The van der Waals surface area contributed by atoms with E-state index in [0.29, 0.717) is 15.9 Å². The van der Waals surface area contributed by atoms with Gasteiger partial charge in [-0.25, -0.2) is 0 Å². The van der Waals surface area contributed by atoms with E-state index in [1.807, 2.05) is 14.1 Å². The normalized spacial score (nSPS) is 17.9. The molecule has 1 unspecified atom stereocenters. The summed E-state index contributed by atoms with van der Waals surface area (Å²) in [6, 6.07) is 6.97. The zero-order chi connectivity index (χ0) is 14.7. The molecular weight excluding hydrogens is 298 g/mol. The fourth-order valence-corrected chi connectivity index (χ4v) is 2.82. The first-order chi connectivity index (χ1) is 9.47. The smallest absolute Gasteiger partial charge is 0.262 e. The zero-order valence-electron chi connectivity index (χ0n) is 11.1. The van der Waals surface area contributed by atoms with Gasteiger partial charge in [0, 0.05) is 20.5 Å². The van der Waals surface area contributed by atoms with E-state index in [-0.39, 0.29) is 18.2 Å². The molecule has 1 aromatic rings. The molecule has 0 saturated carbocycles. The number of hydrogen-bond donors (Lipinski definition) is 1. The molecule has 0 aliphatic carbocycles. The number of hydrogen-bond acceptors (Lipinski definition) is 4. The summed E-state index contributed by atoms with van der Waals surface area (Å²) in [5, 5.41) is 3.34. The van der Waals surface area contributed by atoms with Gasteiger partial charge in [0.15, 0.2) is 5.17 Å². The molecule has 2 amide bonds. The molecule has 0 bridgehead atoms. The van der Waals surface area contributed by atoms with Crippen molar-refractivity contribution in [3.8, 4) is 0 Å². The lowest BCUT2D eigenvalue weighted by atomic mass is 10.2. The van der Waals surface area contributed by atoms with Gasteiger partial charge < -0.3 is 10.2 Å². The summed E-state index contributed by atoms with van der Waals surface area (Å²) in [6.07, 6.45) is 0.0789. The summed E-state index contributed by atoms with van der Waals surface area (Å²) < 4.78 is 0. The van der Waals surface area contributed by atoms with Gasteiger partial charge in [0.25, 0.3) is 5.91 Å². The van der Waals surface area contributed by atoms with Crippen LogP contribution in [0.5, 0.6) is 0 Å². The Balaban J connectivity index is 1.94. The Bertz CT molecular complexity index is 574. The molecule has 2 rings (SSSR count). The molecule has 106 valence electrons. The highest BCUT2D eigenvalue weighted by Gasteiger charge is 2.31. The van der Waals surface area contributed by atoms with E-state index in [1.165, 1.54) is 11.8 Å². The second-order valence-electron chi connectivity index (χ2n) is 4.47. The predicted molar refractivity (Wildman–Crippen MR) is 82.2 cm³/mol. The summed E-state index contributed by atoms with van der Waals surface area (Å²) in [6.45, 7) is 0. The molecule has 0 radical (unpaired) electrons. The molecule has 1 aliphatic heterocycles. The summed E-state index contributed by atoms with van der Waals surface area (Å²) in [7, 11) is 3.62. The predicted octanol–water partition coefficient (Wildman–Crippen LogP) is 2.23. The van der Waals surface area contributed by atoms with Gasteiger partial charge >= 0.3 is 0 Å². The first-order valence-electron chi connectivity index (χ1n) is 5.98. The molecule has 0 saturated heterocycles. The lowest BCUT2D eigenvalue weighted by Crippen LogP contribution is -2.22. The Morgan fingerprint density at radius 3 is 2.75 bits per heavy atom. The SMILES string of the molecule is CN(C)C1=NC(=O)C(CC(=O)Nc2ccccc2Cl)S1. The van der Waals surface area contributed by atoms with E-state index in [0.717, 1.165) is 0 Å². The maximum atomic E-state index is 11.9. The van der Waals surface area contributed by atoms with Crippen LogP contribution in [0.2, 0.25) is 5.02 Å². The number of halogens is 1. The van der Waals surface area contributed by atoms with E-state index in [2.05, 4.69) is 10.3 Å². The molecule has 0 aromatic heterocycles. The molecular formula is C13H14ClN3O2S. The fraction of sp³-hybridized carbons (Fsp3) is 0.308. The van der Waals surface area contributed by atoms with Crippen LogP contribution in [-0.4, -0.2) is 41.2 Å². The third kappa shape index (κ3) is 3.52. The van der Waals surface area contributed by atoms with Crippen molar-refractivity contribution in [3.05, 3.63) is 29.3 Å². The summed E-state index contributed by atoms with van der Waals surface area (Å²) >= 11 is 7.26. The number of rotatable bonds is 3. The number of nitrogens with zero attached hydrogens (tertiary/aromatic N) is 2. The molecule has 1 aliphatic rings. The van der Waals surface area contributed by atoms with Crippen molar-refractivity contribution in [1.29, 1.82) is 0 Å². The number of aliphatic imine (C=N–C) groups is 1. The summed E-state index contributed by atoms with van der Waals surface area (Å²) in [5.41, 5.74) is 0.545. The van der Waals surface area contributed by atoms with Crippen LogP contribution in [-0.2, 0) is 9.59 Å².